The van der Waals surface area contributed by atoms with Gasteiger partial charge in [-0.3, -0.25) is 4.79 Å². The Morgan fingerprint density at radius 3 is 2.20 bits per heavy atom. The number of ketones is 1. The van der Waals surface area contributed by atoms with Crippen molar-refractivity contribution in [2.75, 3.05) is 0 Å². The largest absolute Gasteiger partial charge is 0.293 e. The van der Waals surface area contributed by atoms with Crippen LogP contribution < -0.4 is 0 Å². The van der Waals surface area contributed by atoms with Crippen LogP contribution in [0.5, 0.6) is 0 Å². The molecule has 0 heterocycles. The summed E-state index contributed by atoms with van der Waals surface area (Å²) in [6, 6.07) is 15.1. The molecule has 1 nitrogen and oxygen atoms in total. The van der Waals surface area contributed by atoms with Gasteiger partial charge in [0.2, 0.25) is 0 Å². The number of hydrogen-bond donors (Lipinski definition) is 0. The Bertz CT molecular complexity index is 645. The molecule has 0 spiro atoms. The minimum Gasteiger partial charge on any atom is -0.293 e. The highest BCUT2D eigenvalue weighted by Crippen LogP contribution is 2.46. The fourth-order valence-corrected chi connectivity index (χ4v) is 3.15. The Morgan fingerprint density at radius 2 is 1.65 bits per heavy atom. The molecule has 102 valence electrons. The first-order valence-electron chi connectivity index (χ1n) is 6.69. The molecular weight excluding hydrogens is 291 g/mol. The zero-order valence-electron chi connectivity index (χ0n) is 10.9. The minimum atomic E-state index is -0.377. The van der Waals surface area contributed by atoms with Crippen LogP contribution in [-0.2, 0) is 5.41 Å². The van der Waals surface area contributed by atoms with Crippen molar-refractivity contribution in [2.24, 2.45) is 0 Å². The molecule has 2 aromatic rings. The van der Waals surface area contributed by atoms with Crippen LogP contribution in [0, 0.1) is 0 Å². The quantitative estimate of drug-likeness (QED) is 0.703. The molecule has 3 rings (SSSR count). The van der Waals surface area contributed by atoms with E-state index in [1.807, 2.05) is 30.3 Å². The Morgan fingerprint density at radius 1 is 0.950 bits per heavy atom. The van der Waals surface area contributed by atoms with Crippen LogP contribution in [0.2, 0.25) is 10.0 Å². The molecule has 1 fully saturated rings. The Hall–Kier alpha value is -1.31. The molecular formula is C17H14Cl2O. The second-order valence-electron chi connectivity index (χ2n) is 5.26. The SMILES string of the molecule is O=C(c1ccc(Cl)c(Cl)c1)C1(c2ccccc2)CCC1. The molecule has 1 saturated carbocycles. The van der Waals surface area contributed by atoms with Gasteiger partial charge in [0.1, 0.15) is 0 Å². The van der Waals surface area contributed by atoms with Crippen molar-refractivity contribution >= 4 is 29.0 Å². The molecule has 0 aromatic heterocycles. The maximum Gasteiger partial charge on any atom is 0.173 e. The van der Waals surface area contributed by atoms with Crippen LogP contribution in [0.25, 0.3) is 0 Å². The van der Waals surface area contributed by atoms with E-state index >= 15 is 0 Å². The first-order chi connectivity index (χ1) is 9.63. The summed E-state index contributed by atoms with van der Waals surface area (Å²) in [5.74, 6) is 0.147. The van der Waals surface area contributed by atoms with Crippen molar-refractivity contribution in [3.05, 3.63) is 69.7 Å². The van der Waals surface area contributed by atoms with E-state index in [-0.39, 0.29) is 11.2 Å². The first-order valence-corrected chi connectivity index (χ1v) is 7.44. The molecule has 2 aromatic carbocycles. The van der Waals surface area contributed by atoms with Gasteiger partial charge in [-0.2, -0.15) is 0 Å². The van der Waals surface area contributed by atoms with Gasteiger partial charge in [-0.15, -0.1) is 0 Å². The molecule has 1 aliphatic rings. The summed E-state index contributed by atoms with van der Waals surface area (Å²) in [4.78, 5) is 12.9. The summed E-state index contributed by atoms with van der Waals surface area (Å²) < 4.78 is 0. The van der Waals surface area contributed by atoms with Crippen molar-refractivity contribution in [1.82, 2.24) is 0 Å². The topological polar surface area (TPSA) is 17.1 Å². The average molecular weight is 305 g/mol. The van der Waals surface area contributed by atoms with Gasteiger partial charge >= 0.3 is 0 Å². The third kappa shape index (κ3) is 2.15. The lowest BCUT2D eigenvalue weighted by atomic mass is 9.61. The van der Waals surface area contributed by atoms with E-state index < -0.39 is 0 Å². The zero-order valence-corrected chi connectivity index (χ0v) is 12.4. The maximum absolute atomic E-state index is 12.9. The highest BCUT2D eigenvalue weighted by molar-refractivity contribution is 6.42. The van der Waals surface area contributed by atoms with Gasteiger partial charge in [0.15, 0.2) is 5.78 Å². The van der Waals surface area contributed by atoms with Gasteiger partial charge in [-0.1, -0.05) is 60.0 Å². The number of carbonyl (C=O) groups excluding carboxylic acids is 1. The van der Waals surface area contributed by atoms with Crippen LogP contribution >= 0.6 is 23.2 Å². The highest BCUT2D eigenvalue weighted by Gasteiger charge is 2.45. The van der Waals surface area contributed by atoms with E-state index in [4.69, 9.17) is 23.2 Å². The smallest absolute Gasteiger partial charge is 0.173 e. The molecule has 0 saturated heterocycles. The van der Waals surface area contributed by atoms with Crippen molar-refractivity contribution in [3.8, 4) is 0 Å². The van der Waals surface area contributed by atoms with Crippen LogP contribution in [0.1, 0.15) is 35.2 Å². The lowest BCUT2D eigenvalue weighted by molar-refractivity contribution is 0.0789. The lowest BCUT2D eigenvalue weighted by Crippen LogP contribution is -2.42. The van der Waals surface area contributed by atoms with Crippen LogP contribution in [-0.4, -0.2) is 5.78 Å². The summed E-state index contributed by atoms with van der Waals surface area (Å²) in [5, 5.41) is 0.908. The average Bonchev–Trinajstić information content (AvgIpc) is 2.42. The summed E-state index contributed by atoms with van der Waals surface area (Å²) in [6.07, 6.45) is 2.88. The summed E-state index contributed by atoms with van der Waals surface area (Å²) in [5.41, 5.74) is 1.36. The Kier molecular flexibility index (Phi) is 3.57. The molecule has 3 heteroatoms. The predicted molar refractivity (Wildman–Crippen MR) is 82.8 cm³/mol. The van der Waals surface area contributed by atoms with Gasteiger partial charge < -0.3 is 0 Å². The van der Waals surface area contributed by atoms with Crippen molar-refractivity contribution < 1.29 is 4.79 Å². The fraction of sp³-hybridized carbons (Fsp3) is 0.235. The number of carbonyl (C=O) groups is 1. The number of halogens is 2. The van der Waals surface area contributed by atoms with Gasteiger partial charge in [0.05, 0.1) is 15.5 Å². The monoisotopic (exact) mass is 304 g/mol. The lowest BCUT2D eigenvalue weighted by Gasteiger charge is -2.41. The van der Waals surface area contributed by atoms with E-state index in [1.54, 1.807) is 18.2 Å². The summed E-state index contributed by atoms with van der Waals surface area (Å²) in [6.45, 7) is 0. The Balaban J connectivity index is 2.01. The van der Waals surface area contributed by atoms with E-state index in [0.29, 0.717) is 15.6 Å². The van der Waals surface area contributed by atoms with E-state index in [9.17, 15) is 4.79 Å². The second kappa shape index (κ2) is 5.23. The normalized spacial score (nSPS) is 16.5. The molecule has 20 heavy (non-hydrogen) atoms. The number of benzene rings is 2. The van der Waals surface area contributed by atoms with Gasteiger partial charge in [0.25, 0.3) is 0 Å². The predicted octanol–water partition coefficient (Wildman–Crippen LogP) is 5.30. The molecule has 0 aliphatic heterocycles. The number of hydrogen-bond acceptors (Lipinski definition) is 1. The van der Waals surface area contributed by atoms with Crippen molar-refractivity contribution in [3.63, 3.8) is 0 Å². The van der Waals surface area contributed by atoms with Crippen LogP contribution in [0.3, 0.4) is 0 Å². The first kappa shape index (κ1) is 13.7. The maximum atomic E-state index is 12.9. The molecule has 0 atom stereocenters. The summed E-state index contributed by atoms with van der Waals surface area (Å²) in [7, 11) is 0. The highest BCUT2D eigenvalue weighted by atomic mass is 35.5. The van der Waals surface area contributed by atoms with Crippen LogP contribution in [0.4, 0.5) is 0 Å². The van der Waals surface area contributed by atoms with Crippen LogP contribution in [0.15, 0.2) is 48.5 Å². The minimum absolute atomic E-state index is 0.147. The molecule has 0 unspecified atom stereocenters. The number of Topliss-reactive ketones (excluding diaryl/α,β-unsaturated/α-hetero) is 1. The molecule has 0 amide bonds. The zero-order chi connectivity index (χ0) is 14.2. The molecule has 0 N–H and O–H groups in total. The van der Waals surface area contributed by atoms with Gasteiger partial charge in [0, 0.05) is 5.56 Å². The fourth-order valence-electron chi connectivity index (χ4n) is 2.85. The van der Waals surface area contributed by atoms with Gasteiger partial charge in [-0.05, 0) is 36.6 Å². The van der Waals surface area contributed by atoms with E-state index in [0.717, 1.165) is 24.8 Å². The van der Waals surface area contributed by atoms with E-state index in [2.05, 4.69) is 0 Å². The third-order valence-electron chi connectivity index (χ3n) is 4.15. The van der Waals surface area contributed by atoms with E-state index in [1.165, 1.54) is 0 Å². The molecule has 1 aliphatic carbocycles. The number of rotatable bonds is 3. The van der Waals surface area contributed by atoms with Crippen molar-refractivity contribution in [2.45, 2.75) is 24.7 Å². The summed E-state index contributed by atoms with van der Waals surface area (Å²) >= 11 is 12.0. The molecule has 0 bridgehead atoms. The standard InChI is InChI=1S/C17H14Cl2O/c18-14-8-7-12(11-15(14)19)16(20)17(9-4-10-17)13-5-2-1-3-6-13/h1-3,5-8,11H,4,9-10H2. The van der Waals surface area contributed by atoms with Gasteiger partial charge in [-0.25, -0.2) is 0 Å². The molecule has 0 radical (unpaired) electrons. The third-order valence-corrected chi connectivity index (χ3v) is 4.89. The second-order valence-corrected chi connectivity index (χ2v) is 6.07. The Labute approximate surface area is 128 Å². The van der Waals surface area contributed by atoms with Crippen molar-refractivity contribution in [1.29, 1.82) is 0 Å².